The van der Waals surface area contributed by atoms with E-state index < -0.39 is 0 Å². The molecule has 2 heterocycles. The summed E-state index contributed by atoms with van der Waals surface area (Å²) in [6, 6.07) is 23.6. The molecular weight excluding hydrogens is 406 g/mol. The molecule has 0 spiro atoms. The maximum atomic E-state index is 6.00. The summed E-state index contributed by atoms with van der Waals surface area (Å²) in [5.74, 6) is 1.24. The van der Waals surface area contributed by atoms with E-state index in [4.69, 9.17) is 18.0 Å². The summed E-state index contributed by atoms with van der Waals surface area (Å²) in [6.07, 6.45) is 0.767. The number of nitrogen functional groups attached to an aromatic ring is 1. The first-order chi connectivity index (χ1) is 15.1. The minimum atomic E-state index is 0.448. The summed E-state index contributed by atoms with van der Waals surface area (Å²) in [7, 11) is 0. The number of aryl methyl sites for hydroxylation is 3. The molecule has 31 heavy (non-hydrogen) atoms. The van der Waals surface area contributed by atoms with Gasteiger partial charge >= 0.3 is 0 Å². The molecule has 0 aliphatic heterocycles. The van der Waals surface area contributed by atoms with Crippen LogP contribution in [0.5, 0.6) is 0 Å². The third-order valence-corrected chi connectivity index (χ3v) is 4.97. The van der Waals surface area contributed by atoms with E-state index in [2.05, 4.69) is 32.0 Å². The zero-order chi connectivity index (χ0) is 21.6. The average Bonchev–Trinajstić information content (AvgIpc) is 3.11. The summed E-state index contributed by atoms with van der Waals surface area (Å²) in [4.78, 5) is 0. The predicted molar refractivity (Wildman–Crippen MR) is 129 cm³/mol. The molecule has 8 heteroatoms. The third kappa shape index (κ3) is 5.23. The number of nitrogens with two attached hydrogens (primary N) is 1. The number of hydrogen-bond donors (Lipinski definition) is 3. The van der Waals surface area contributed by atoms with Crippen molar-refractivity contribution in [2.75, 3.05) is 16.4 Å². The number of aromatic nitrogens is 4. The second-order valence-corrected chi connectivity index (χ2v) is 7.50. The molecule has 156 valence electrons. The molecule has 4 aromatic rings. The first kappa shape index (κ1) is 20.5. The van der Waals surface area contributed by atoms with E-state index in [1.54, 1.807) is 0 Å². The number of para-hydroxylation sites is 1. The van der Waals surface area contributed by atoms with Crippen LogP contribution in [-0.2, 0) is 13.0 Å². The molecule has 0 aliphatic carbocycles. The van der Waals surface area contributed by atoms with Gasteiger partial charge in [0.15, 0.2) is 10.9 Å². The maximum Gasteiger partial charge on any atom is 0.176 e. The van der Waals surface area contributed by atoms with Crippen molar-refractivity contribution in [1.29, 1.82) is 0 Å². The van der Waals surface area contributed by atoms with Crippen molar-refractivity contribution in [2.45, 2.75) is 19.9 Å². The average molecular weight is 430 g/mol. The molecule has 0 amide bonds. The lowest BCUT2D eigenvalue weighted by molar-refractivity contribution is 0.619. The van der Waals surface area contributed by atoms with E-state index >= 15 is 0 Å². The van der Waals surface area contributed by atoms with E-state index in [9.17, 15) is 0 Å². The highest BCUT2D eigenvalue weighted by molar-refractivity contribution is 7.80. The Morgan fingerprint density at radius 3 is 2.45 bits per heavy atom. The summed E-state index contributed by atoms with van der Waals surface area (Å²) >= 11 is 5.48. The van der Waals surface area contributed by atoms with Crippen molar-refractivity contribution >= 4 is 34.7 Å². The Hall–Kier alpha value is -3.78. The molecule has 2 aromatic carbocycles. The van der Waals surface area contributed by atoms with Crippen molar-refractivity contribution in [3.05, 3.63) is 84.1 Å². The highest BCUT2D eigenvalue weighted by Crippen LogP contribution is 2.19. The van der Waals surface area contributed by atoms with Crippen molar-refractivity contribution in [1.82, 2.24) is 20.0 Å². The molecule has 0 aliphatic rings. The zero-order valence-corrected chi connectivity index (χ0v) is 17.9. The lowest BCUT2D eigenvalue weighted by Crippen LogP contribution is -2.21. The van der Waals surface area contributed by atoms with Gasteiger partial charge < -0.3 is 16.4 Å². The molecule has 0 unspecified atom stereocenters. The van der Waals surface area contributed by atoms with Gasteiger partial charge in [-0.3, -0.25) is 0 Å². The lowest BCUT2D eigenvalue weighted by atomic mass is 10.1. The van der Waals surface area contributed by atoms with Crippen LogP contribution in [0.2, 0.25) is 0 Å². The summed E-state index contributed by atoms with van der Waals surface area (Å²) in [6.45, 7) is 2.62. The van der Waals surface area contributed by atoms with Gasteiger partial charge in [0.1, 0.15) is 5.82 Å². The molecule has 0 atom stereocenters. The van der Waals surface area contributed by atoms with Gasteiger partial charge in [0, 0.05) is 23.9 Å². The van der Waals surface area contributed by atoms with Gasteiger partial charge in [0.05, 0.1) is 11.4 Å². The van der Waals surface area contributed by atoms with E-state index in [1.807, 2.05) is 78.3 Å². The Kier molecular flexibility index (Phi) is 6.18. The van der Waals surface area contributed by atoms with Crippen molar-refractivity contribution in [3.63, 3.8) is 0 Å². The first-order valence-electron chi connectivity index (χ1n) is 9.93. The van der Waals surface area contributed by atoms with Crippen LogP contribution >= 0.6 is 12.2 Å². The molecular formula is C23H23N7S. The largest absolute Gasteiger partial charge is 0.384 e. The first-order valence-corrected chi connectivity index (χ1v) is 10.3. The van der Waals surface area contributed by atoms with Crippen LogP contribution in [-0.4, -0.2) is 25.1 Å². The van der Waals surface area contributed by atoms with Gasteiger partial charge in [0.2, 0.25) is 0 Å². The highest BCUT2D eigenvalue weighted by atomic mass is 32.1. The van der Waals surface area contributed by atoms with E-state index in [1.165, 1.54) is 0 Å². The van der Waals surface area contributed by atoms with E-state index in [0.717, 1.165) is 34.6 Å². The van der Waals surface area contributed by atoms with Gasteiger partial charge in [-0.15, -0.1) is 10.2 Å². The van der Waals surface area contributed by atoms with Gasteiger partial charge in [-0.05, 0) is 49.3 Å². The van der Waals surface area contributed by atoms with E-state index in [-0.39, 0.29) is 0 Å². The monoisotopic (exact) mass is 429 g/mol. The Morgan fingerprint density at radius 1 is 0.968 bits per heavy atom. The van der Waals surface area contributed by atoms with Crippen LogP contribution in [0.25, 0.3) is 11.3 Å². The second kappa shape index (κ2) is 9.36. The van der Waals surface area contributed by atoms with Gasteiger partial charge in [0.25, 0.3) is 0 Å². The predicted octanol–water partition coefficient (Wildman–Crippen LogP) is 4.28. The third-order valence-electron chi connectivity index (χ3n) is 4.77. The topological polar surface area (TPSA) is 93.7 Å². The van der Waals surface area contributed by atoms with Crippen molar-refractivity contribution in [2.24, 2.45) is 0 Å². The van der Waals surface area contributed by atoms with Crippen molar-refractivity contribution < 1.29 is 0 Å². The van der Waals surface area contributed by atoms with Gasteiger partial charge in [-0.25, -0.2) is 4.68 Å². The maximum absolute atomic E-state index is 6.00. The lowest BCUT2D eigenvalue weighted by Gasteiger charge is -2.14. The number of anilines is 3. The van der Waals surface area contributed by atoms with Crippen LogP contribution in [0.1, 0.15) is 11.3 Å². The SMILES string of the molecule is Cc1cc(N)n(CCc2ccccc2NC(=S)Nc2ccc(-c3ccccc3)nn2)n1. The summed E-state index contributed by atoms with van der Waals surface area (Å²) in [5, 5.41) is 19.7. The molecule has 0 radical (unpaired) electrons. The molecule has 4 rings (SSSR count). The van der Waals surface area contributed by atoms with Crippen LogP contribution in [0.3, 0.4) is 0 Å². The minimum absolute atomic E-state index is 0.448. The molecule has 4 N–H and O–H groups in total. The van der Waals surface area contributed by atoms with Crippen LogP contribution in [0.15, 0.2) is 72.8 Å². The Balaban J connectivity index is 1.39. The minimum Gasteiger partial charge on any atom is -0.384 e. The van der Waals surface area contributed by atoms with Crippen LogP contribution in [0, 0.1) is 6.92 Å². The quantitative estimate of drug-likeness (QED) is 0.394. The van der Waals surface area contributed by atoms with Crippen LogP contribution < -0.4 is 16.4 Å². The summed E-state index contributed by atoms with van der Waals surface area (Å²) < 4.78 is 1.81. The fraction of sp³-hybridized carbons (Fsp3) is 0.130. The zero-order valence-electron chi connectivity index (χ0n) is 17.1. The fourth-order valence-electron chi connectivity index (χ4n) is 3.26. The molecule has 0 saturated heterocycles. The smallest absolute Gasteiger partial charge is 0.176 e. The number of benzene rings is 2. The Morgan fingerprint density at radius 2 is 1.74 bits per heavy atom. The standard InChI is InChI=1S/C23H23N7S/c1-16-15-21(24)30(29-16)14-13-18-9-5-6-10-19(18)25-23(31)26-22-12-11-20(27-28-22)17-7-3-2-4-8-17/h2-12,15H,13-14,24H2,1H3,(H2,25,26,28,31). The number of nitrogens with zero attached hydrogens (tertiary/aromatic N) is 4. The van der Waals surface area contributed by atoms with Gasteiger partial charge in [-0.1, -0.05) is 48.5 Å². The number of hydrogen-bond acceptors (Lipinski definition) is 5. The fourth-order valence-corrected chi connectivity index (χ4v) is 3.48. The van der Waals surface area contributed by atoms with Crippen molar-refractivity contribution in [3.8, 4) is 11.3 Å². The second-order valence-electron chi connectivity index (χ2n) is 7.09. The number of thiocarbonyl (C=S) groups is 1. The number of rotatable bonds is 6. The molecule has 7 nitrogen and oxygen atoms in total. The molecule has 0 fully saturated rings. The molecule has 0 saturated carbocycles. The molecule has 0 bridgehead atoms. The normalized spacial score (nSPS) is 10.6. The Bertz CT molecular complexity index is 1170. The molecule has 2 aromatic heterocycles. The summed E-state index contributed by atoms with van der Waals surface area (Å²) in [5.41, 5.74) is 10.8. The van der Waals surface area contributed by atoms with E-state index in [0.29, 0.717) is 23.3 Å². The Labute approximate surface area is 186 Å². The number of nitrogens with one attached hydrogen (secondary N) is 2. The van der Waals surface area contributed by atoms with Crippen LogP contribution in [0.4, 0.5) is 17.3 Å². The highest BCUT2D eigenvalue weighted by Gasteiger charge is 2.08. The van der Waals surface area contributed by atoms with Gasteiger partial charge in [-0.2, -0.15) is 5.10 Å².